The first-order valence-electron chi connectivity index (χ1n) is 11.6. The zero-order valence-electron chi connectivity index (χ0n) is 18.8. The van der Waals surface area contributed by atoms with Gasteiger partial charge in [-0.15, -0.1) is 11.3 Å². The summed E-state index contributed by atoms with van der Waals surface area (Å²) in [4.78, 5) is 14.5. The van der Waals surface area contributed by atoms with E-state index in [1.165, 1.54) is 47.1 Å². The summed E-state index contributed by atoms with van der Waals surface area (Å²) in [7, 11) is 0. The molecule has 1 atom stereocenters. The Morgan fingerprint density at radius 1 is 1.06 bits per heavy atom. The van der Waals surface area contributed by atoms with E-state index in [9.17, 15) is 0 Å². The minimum atomic E-state index is 0.348. The van der Waals surface area contributed by atoms with Gasteiger partial charge in [-0.1, -0.05) is 51.1 Å². The maximum absolute atomic E-state index is 6.40. The van der Waals surface area contributed by atoms with Crippen LogP contribution in [0.1, 0.15) is 56.0 Å². The van der Waals surface area contributed by atoms with Gasteiger partial charge >= 0.3 is 0 Å². The first-order valence-corrected chi connectivity index (χ1v) is 12.8. The molecule has 3 heterocycles. The minimum Gasteiger partial charge on any atom is -0.356 e. The highest BCUT2D eigenvalue weighted by molar-refractivity contribution is 7.19. The van der Waals surface area contributed by atoms with Crippen LogP contribution in [0, 0.1) is 17.3 Å². The monoisotopic (exact) mass is 453 g/mol. The molecule has 3 nitrogen and oxygen atoms in total. The van der Waals surface area contributed by atoms with Crippen molar-refractivity contribution in [2.45, 2.75) is 59.3 Å². The van der Waals surface area contributed by atoms with Gasteiger partial charge in [-0.3, -0.25) is 0 Å². The van der Waals surface area contributed by atoms with Gasteiger partial charge in [0.05, 0.1) is 5.39 Å². The number of hydrogen-bond acceptors (Lipinski definition) is 4. The molecular weight excluding hydrogens is 422 g/mol. The first-order chi connectivity index (χ1) is 14.9. The van der Waals surface area contributed by atoms with Crippen molar-refractivity contribution in [2.24, 2.45) is 17.3 Å². The minimum absolute atomic E-state index is 0.348. The zero-order chi connectivity index (χ0) is 21.6. The number of piperidine rings is 1. The van der Waals surface area contributed by atoms with Gasteiger partial charge in [0.2, 0.25) is 5.28 Å². The second kappa shape index (κ2) is 8.37. The Labute approximate surface area is 194 Å². The molecule has 1 unspecified atom stereocenters. The lowest BCUT2D eigenvalue weighted by atomic mass is 9.72. The topological polar surface area (TPSA) is 29.0 Å². The van der Waals surface area contributed by atoms with E-state index in [-0.39, 0.29) is 0 Å². The van der Waals surface area contributed by atoms with E-state index in [0.29, 0.717) is 10.7 Å². The fraction of sp³-hybridized carbons (Fsp3) is 0.538. The second-order valence-corrected chi connectivity index (χ2v) is 11.8. The third kappa shape index (κ3) is 4.34. The van der Waals surface area contributed by atoms with E-state index < -0.39 is 0 Å². The summed E-state index contributed by atoms with van der Waals surface area (Å²) in [5.74, 6) is 2.56. The summed E-state index contributed by atoms with van der Waals surface area (Å²) in [5.41, 5.74) is 3.30. The number of anilines is 1. The lowest BCUT2D eigenvalue weighted by Crippen LogP contribution is -2.35. The average molecular weight is 454 g/mol. The van der Waals surface area contributed by atoms with E-state index >= 15 is 0 Å². The van der Waals surface area contributed by atoms with E-state index in [4.69, 9.17) is 16.6 Å². The first kappa shape index (κ1) is 21.2. The smallest absolute Gasteiger partial charge is 0.225 e. The van der Waals surface area contributed by atoms with Crippen LogP contribution in [0.2, 0.25) is 5.28 Å². The third-order valence-corrected chi connectivity index (χ3v) is 8.69. The molecule has 0 saturated carbocycles. The molecule has 1 fully saturated rings. The quantitative estimate of drug-likeness (QED) is 0.401. The van der Waals surface area contributed by atoms with Crippen LogP contribution in [-0.4, -0.2) is 23.1 Å². The Balaban J connectivity index is 1.39. The van der Waals surface area contributed by atoms with Crippen molar-refractivity contribution in [3.63, 3.8) is 0 Å². The Morgan fingerprint density at radius 2 is 1.81 bits per heavy atom. The molecule has 1 saturated heterocycles. The van der Waals surface area contributed by atoms with Gasteiger partial charge in [-0.05, 0) is 78.5 Å². The fourth-order valence-electron chi connectivity index (χ4n) is 5.40. The van der Waals surface area contributed by atoms with Gasteiger partial charge in [-0.2, -0.15) is 4.98 Å². The molecular formula is C26H32ClN3S. The molecule has 31 heavy (non-hydrogen) atoms. The molecule has 164 valence electrons. The van der Waals surface area contributed by atoms with Crippen molar-refractivity contribution in [1.82, 2.24) is 9.97 Å². The van der Waals surface area contributed by atoms with Gasteiger partial charge in [-0.25, -0.2) is 4.98 Å². The predicted octanol–water partition coefficient (Wildman–Crippen LogP) is 6.95. The van der Waals surface area contributed by atoms with Crippen molar-refractivity contribution >= 4 is 39.0 Å². The fourth-order valence-corrected chi connectivity index (χ4v) is 6.91. The highest BCUT2D eigenvalue weighted by atomic mass is 35.5. The summed E-state index contributed by atoms with van der Waals surface area (Å²) in [5, 5.41) is 1.68. The van der Waals surface area contributed by atoms with Crippen LogP contribution < -0.4 is 4.90 Å². The summed E-state index contributed by atoms with van der Waals surface area (Å²) in [6.07, 6.45) is 7.14. The SMILES string of the molecule is CC(C)(C)C1CCc2c(sc3nc(Cl)nc(N4CCC(Cc5ccccc5)CC4)c23)C1. The lowest BCUT2D eigenvalue weighted by molar-refractivity contribution is 0.218. The normalized spacial score (nSPS) is 20.3. The molecule has 3 aromatic rings. The van der Waals surface area contributed by atoms with Crippen LogP contribution >= 0.6 is 22.9 Å². The van der Waals surface area contributed by atoms with E-state index in [0.717, 1.165) is 48.4 Å². The van der Waals surface area contributed by atoms with Crippen molar-refractivity contribution in [3.8, 4) is 0 Å². The average Bonchev–Trinajstić information content (AvgIpc) is 3.11. The van der Waals surface area contributed by atoms with Crippen LogP contribution in [0.25, 0.3) is 10.2 Å². The predicted molar refractivity (Wildman–Crippen MR) is 132 cm³/mol. The number of thiophene rings is 1. The lowest BCUT2D eigenvalue weighted by Gasteiger charge is -2.35. The molecule has 0 bridgehead atoms. The van der Waals surface area contributed by atoms with Crippen LogP contribution in [-0.2, 0) is 19.3 Å². The molecule has 0 amide bonds. The van der Waals surface area contributed by atoms with Crippen LogP contribution in [0.15, 0.2) is 30.3 Å². The number of benzene rings is 1. The molecule has 0 spiro atoms. The number of aromatic nitrogens is 2. The van der Waals surface area contributed by atoms with Crippen LogP contribution in [0.5, 0.6) is 0 Å². The number of nitrogens with zero attached hydrogens (tertiary/aromatic N) is 3. The number of fused-ring (bicyclic) bond motifs is 3. The van der Waals surface area contributed by atoms with Gasteiger partial charge in [0.1, 0.15) is 10.6 Å². The summed E-state index contributed by atoms with van der Waals surface area (Å²) in [6.45, 7) is 9.22. The highest BCUT2D eigenvalue weighted by Crippen LogP contribution is 2.45. The highest BCUT2D eigenvalue weighted by Gasteiger charge is 2.33. The Kier molecular flexibility index (Phi) is 5.72. The molecule has 1 aromatic carbocycles. The van der Waals surface area contributed by atoms with Gasteiger partial charge in [0.15, 0.2) is 0 Å². The van der Waals surface area contributed by atoms with Crippen LogP contribution in [0.3, 0.4) is 0 Å². The van der Waals surface area contributed by atoms with Crippen molar-refractivity contribution in [1.29, 1.82) is 0 Å². The molecule has 2 aromatic heterocycles. The van der Waals surface area contributed by atoms with Crippen molar-refractivity contribution in [3.05, 3.63) is 51.6 Å². The third-order valence-electron chi connectivity index (χ3n) is 7.37. The Morgan fingerprint density at radius 3 is 2.52 bits per heavy atom. The largest absolute Gasteiger partial charge is 0.356 e. The maximum Gasteiger partial charge on any atom is 0.225 e. The van der Waals surface area contributed by atoms with Gasteiger partial charge in [0.25, 0.3) is 0 Å². The Hall–Kier alpha value is -1.65. The van der Waals surface area contributed by atoms with Gasteiger partial charge in [0, 0.05) is 18.0 Å². The molecule has 0 N–H and O–H groups in total. The number of rotatable bonds is 3. The van der Waals surface area contributed by atoms with Crippen LogP contribution in [0.4, 0.5) is 5.82 Å². The number of halogens is 1. The summed E-state index contributed by atoms with van der Waals surface area (Å²) >= 11 is 8.25. The summed E-state index contributed by atoms with van der Waals surface area (Å²) < 4.78 is 0. The Bertz CT molecular complexity index is 1060. The van der Waals surface area contributed by atoms with Crippen molar-refractivity contribution in [2.75, 3.05) is 18.0 Å². The standard InChI is InChI=1S/C26H32ClN3S/c1-26(2,3)19-9-10-20-21(16-19)31-24-22(20)23(28-25(27)29-24)30-13-11-18(12-14-30)15-17-7-5-4-6-8-17/h4-8,18-19H,9-16H2,1-3H3. The number of aryl methyl sites for hydroxylation is 1. The van der Waals surface area contributed by atoms with E-state index in [1.807, 2.05) is 11.3 Å². The molecule has 2 aliphatic rings. The number of hydrogen-bond donors (Lipinski definition) is 0. The molecule has 1 aliphatic heterocycles. The molecule has 5 heteroatoms. The molecule has 5 rings (SSSR count). The maximum atomic E-state index is 6.40. The van der Waals surface area contributed by atoms with Crippen molar-refractivity contribution < 1.29 is 0 Å². The summed E-state index contributed by atoms with van der Waals surface area (Å²) in [6, 6.07) is 10.9. The van der Waals surface area contributed by atoms with Gasteiger partial charge < -0.3 is 4.90 Å². The molecule has 1 aliphatic carbocycles. The second-order valence-electron chi connectivity index (χ2n) is 10.4. The zero-order valence-corrected chi connectivity index (χ0v) is 20.4. The van der Waals surface area contributed by atoms with E-state index in [1.54, 1.807) is 0 Å². The molecule has 0 radical (unpaired) electrons. The van der Waals surface area contributed by atoms with E-state index in [2.05, 4.69) is 61.0 Å².